The molecule has 0 atom stereocenters. The molecule has 1 amide bonds. The Kier molecular flexibility index (Phi) is 5.21. The standard InChI is InChI=1S/C17H19NO3/c1-3-12-18-17(19)13-8-10-14(11-9-13)21-16-7-5-4-6-15(16)20-2/h4-11H,3,12H2,1-2H3,(H,18,19). The molecule has 0 aliphatic rings. The van der Waals surface area contributed by atoms with Gasteiger partial charge < -0.3 is 14.8 Å². The summed E-state index contributed by atoms with van der Waals surface area (Å²) in [6.07, 6.45) is 0.917. The van der Waals surface area contributed by atoms with Gasteiger partial charge in [-0.1, -0.05) is 19.1 Å². The fourth-order valence-electron chi connectivity index (χ4n) is 1.85. The minimum absolute atomic E-state index is 0.0688. The molecule has 1 N–H and O–H groups in total. The number of rotatable bonds is 6. The zero-order chi connectivity index (χ0) is 15.1. The lowest BCUT2D eigenvalue weighted by Gasteiger charge is -2.10. The molecule has 2 aromatic carbocycles. The minimum atomic E-state index is -0.0688. The Morgan fingerprint density at radius 3 is 2.33 bits per heavy atom. The van der Waals surface area contributed by atoms with Gasteiger partial charge in [-0.2, -0.15) is 0 Å². The topological polar surface area (TPSA) is 47.6 Å². The van der Waals surface area contributed by atoms with Crippen LogP contribution in [0.25, 0.3) is 0 Å². The first-order chi connectivity index (χ1) is 10.2. The third kappa shape index (κ3) is 3.99. The average Bonchev–Trinajstić information content (AvgIpc) is 2.54. The van der Waals surface area contributed by atoms with Gasteiger partial charge in [0.25, 0.3) is 5.91 Å². The number of ether oxygens (including phenoxy) is 2. The van der Waals surface area contributed by atoms with Crippen molar-refractivity contribution in [2.24, 2.45) is 0 Å². The number of carbonyl (C=O) groups is 1. The maximum atomic E-state index is 11.8. The normalized spacial score (nSPS) is 10.0. The van der Waals surface area contributed by atoms with Gasteiger partial charge in [-0.05, 0) is 42.8 Å². The molecule has 2 aromatic rings. The lowest BCUT2D eigenvalue weighted by atomic mass is 10.2. The van der Waals surface area contributed by atoms with E-state index in [4.69, 9.17) is 9.47 Å². The van der Waals surface area contributed by atoms with E-state index in [1.807, 2.05) is 31.2 Å². The molecule has 21 heavy (non-hydrogen) atoms. The molecule has 0 aliphatic carbocycles. The predicted molar refractivity (Wildman–Crippen MR) is 82.1 cm³/mol. The quantitative estimate of drug-likeness (QED) is 0.881. The Balaban J connectivity index is 2.07. The van der Waals surface area contributed by atoms with Crippen LogP contribution in [-0.2, 0) is 0 Å². The third-order valence-corrected chi connectivity index (χ3v) is 2.95. The van der Waals surface area contributed by atoms with Crippen LogP contribution in [0.1, 0.15) is 23.7 Å². The number of amides is 1. The summed E-state index contributed by atoms with van der Waals surface area (Å²) in [5.41, 5.74) is 0.621. The summed E-state index contributed by atoms with van der Waals surface area (Å²) in [6, 6.07) is 14.5. The molecule has 0 fully saturated rings. The largest absolute Gasteiger partial charge is 0.493 e. The second kappa shape index (κ2) is 7.33. The number of hydrogen-bond acceptors (Lipinski definition) is 3. The third-order valence-electron chi connectivity index (χ3n) is 2.95. The van der Waals surface area contributed by atoms with E-state index in [-0.39, 0.29) is 5.91 Å². The van der Waals surface area contributed by atoms with Crippen LogP contribution in [0.4, 0.5) is 0 Å². The van der Waals surface area contributed by atoms with Gasteiger partial charge in [0, 0.05) is 12.1 Å². The fourth-order valence-corrected chi connectivity index (χ4v) is 1.85. The van der Waals surface area contributed by atoms with Crippen molar-refractivity contribution in [1.82, 2.24) is 5.32 Å². The highest BCUT2D eigenvalue weighted by Gasteiger charge is 2.07. The molecule has 0 aromatic heterocycles. The van der Waals surface area contributed by atoms with E-state index in [1.165, 1.54) is 0 Å². The molecular weight excluding hydrogens is 266 g/mol. The Morgan fingerprint density at radius 1 is 1.05 bits per heavy atom. The highest BCUT2D eigenvalue weighted by Crippen LogP contribution is 2.30. The van der Waals surface area contributed by atoms with Crippen LogP contribution in [0.2, 0.25) is 0 Å². The average molecular weight is 285 g/mol. The first-order valence-electron chi connectivity index (χ1n) is 6.93. The number of carbonyl (C=O) groups excluding carboxylic acids is 1. The van der Waals surface area contributed by atoms with E-state index in [0.29, 0.717) is 29.4 Å². The van der Waals surface area contributed by atoms with E-state index in [2.05, 4.69) is 5.32 Å². The SMILES string of the molecule is CCCNC(=O)c1ccc(Oc2ccccc2OC)cc1. The summed E-state index contributed by atoms with van der Waals surface area (Å²) >= 11 is 0. The van der Waals surface area contributed by atoms with Crippen LogP contribution in [0.3, 0.4) is 0 Å². The van der Waals surface area contributed by atoms with Gasteiger partial charge in [0.2, 0.25) is 0 Å². The smallest absolute Gasteiger partial charge is 0.251 e. The van der Waals surface area contributed by atoms with E-state index in [1.54, 1.807) is 31.4 Å². The lowest BCUT2D eigenvalue weighted by molar-refractivity contribution is 0.0953. The van der Waals surface area contributed by atoms with E-state index in [0.717, 1.165) is 6.42 Å². The highest BCUT2D eigenvalue weighted by molar-refractivity contribution is 5.94. The summed E-state index contributed by atoms with van der Waals surface area (Å²) in [7, 11) is 1.60. The molecule has 0 saturated heterocycles. The van der Waals surface area contributed by atoms with Crippen molar-refractivity contribution in [2.75, 3.05) is 13.7 Å². The number of benzene rings is 2. The molecule has 0 bridgehead atoms. The second-order valence-corrected chi connectivity index (χ2v) is 4.53. The molecule has 0 saturated carbocycles. The van der Waals surface area contributed by atoms with Crippen molar-refractivity contribution in [3.63, 3.8) is 0 Å². The highest BCUT2D eigenvalue weighted by atomic mass is 16.5. The summed E-state index contributed by atoms with van der Waals surface area (Å²) < 4.78 is 11.0. The van der Waals surface area contributed by atoms with Gasteiger partial charge in [-0.15, -0.1) is 0 Å². The van der Waals surface area contributed by atoms with Gasteiger partial charge in [0.15, 0.2) is 11.5 Å². The maximum Gasteiger partial charge on any atom is 0.251 e. The molecule has 0 heterocycles. The maximum absolute atomic E-state index is 11.8. The molecule has 4 heteroatoms. The minimum Gasteiger partial charge on any atom is -0.493 e. The number of nitrogens with one attached hydrogen (secondary N) is 1. The first kappa shape index (κ1) is 14.9. The summed E-state index contributed by atoms with van der Waals surface area (Å²) in [6.45, 7) is 2.70. The molecule has 0 aliphatic heterocycles. The van der Waals surface area contributed by atoms with Crippen molar-refractivity contribution in [3.05, 3.63) is 54.1 Å². The molecular formula is C17H19NO3. The Labute approximate surface area is 124 Å². The fraction of sp³-hybridized carbons (Fsp3) is 0.235. The molecule has 0 radical (unpaired) electrons. The molecule has 110 valence electrons. The van der Waals surface area contributed by atoms with Crippen LogP contribution in [0.5, 0.6) is 17.2 Å². The molecule has 2 rings (SSSR count). The summed E-state index contributed by atoms with van der Waals surface area (Å²) in [4.78, 5) is 11.8. The Bertz CT molecular complexity index is 593. The van der Waals surface area contributed by atoms with E-state index >= 15 is 0 Å². The Hall–Kier alpha value is -2.49. The van der Waals surface area contributed by atoms with Crippen molar-refractivity contribution in [3.8, 4) is 17.2 Å². The van der Waals surface area contributed by atoms with Crippen molar-refractivity contribution < 1.29 is 14.3 Å². The second-order valence-electron chi connectivity index (χ2n) is 4.53. The van der Waals surface area contributed by atoms with Crippen LogP contribution < -0.4 is 14.8 Å². The predicted octanol–water partition coefficient (Wildman–Crippen LogP) is 3.63. The van der Waals surface area contributed by atoms with Gasteiger partial charge in [0.05, 0.1) is 7.11 Å². The monoisotopic (exact) mass is 285 g/mol. The zero-order valence-electron chi connectivity index (χ0n) is 12.3. The van der Waals surface area contributed by atoms with Crippen molar-refractivity contribution in [1.29, 1.82) is 0 Å². The Morgan fingerprint density at radius 2 is 1.71 bits per heavy atom. The molecule has 0 spiro atoms. The summed E-state index contributed by atoms with van der Waals surface area (Å²) in [5.74, 6) is 1.90. The molecule has 4 nitrogen and oxygen atoms in total. The van der Waals surface area contributed by atoms with Gasteiger partial charge >= 0.3 is 0 Å². The van der Waals surface area contributed by atoms with Crippen molar-refractivity contribution in [2.45, 2.75) is 13.3 Å². The first-order valence-corrected chi connectivity index (χ1v) is 6.93. The van der Waals surface area contributed by atoms with Crippen molar-refractivity contribution >= 4 is 5.91 Å². The van der Waals surface area contributed by atoms with Gasteiger partial charge in [-0.25, -0.2) is 0 Å². The van der Waals surface area contributed by atoms with Crippen LogP contribution in [-0.4, -0.2) is 19.6 Å². The van der Waals surface area contributed by atoms with E-state index in [9.17, 15) is 4.79 Å². The van der Waals surface area contributed by atoms with Crippen LogP contribution in [0, 0.1) is 0 Å². The van der Waals surface area contributed by atoms with Gasteiger partial charge in [-0.3, -0.25) is 4.79 Å². The summed E-state index contributed by atoms with van der Waals surface area (Å²) in [5, 5.41) is 2.84. The van der Waals surface area contributed by atoms with Gasteiger partial charge in [0.1, 0.15) is 5.75 Å². The van der Waals surface area contributed by atoms with E-state index < -0.39 is 0 Å². The van der Waals surface area contributed by atoms with Crippen LogP contribution >= 0.6 is 0 Å². The number of methoxy groups -OCH3 is 1. The lowest BCUT2D eigenvalue weighted by Crippen LogP contribution is -2.23. The van der Waals surface area contributed by atoms with Crippen LogP contribution in [0.15, 0.2) is 48.5 Å². The molecule has 0 unspecified atom stereocenters. The number of hydrogen-bond donors (Lipinski definition) is 1. The number of para-hydroxylation sites is 2. The zero-order valence-corrected chi connectivity index (χ0v) is 12.3.